The molecule has 6 heteroatoms. The molecule has 8 atom stereocenters. The summed E-state index contributed by atoms with van der Waals surface area (Å²) in [5, 5.41) is 23.1. The summed E-state index contributed by atoms with van der Waals surface area (Å²) in [6.07, 6.45) is 5.15. The minimum atomic E-state index is -1.63. The van der Waals surface area contributed by atoms with Crippen LogP contribution in [0.1, 0.15) is 66.2 Å². The second kappa shape index (κ2) is 6.99. The lowest BCUT2D eigenvalue weighted by Crippen LogP contribution is -2.63. The van der Waals surface area contributed by atoms with Crippen molar-refractivity contribution in [1.29, 1.82) is 0 Å². The van der Waals surface area contributed by atoms with Gasteiger partial charge in [-0.3, -0.25) is 14.4 Å². The van der Waals surface area contributed by atoms with Crippen LogP contribution in [0.4, 0.5) is 0 Å². The van der Waals surface area contributed by atoms with E-state index in [0.29, 0.717) is 19.3 Å². The maximum absolute atomic E-state index is 13.1. The van der Waals surface area contributed by atoms with Crippen LogP contribution in [0.15, 0.2) is 11.6 Å². The van der Waals surface area contributed by atoms with Crippen LogP contribution in [0.5, 0.6) is 0 Å². The average Bonchev–Trinajstić information content (AvgIpc) is 2.87. The van der Waals surface area contributed by atoms with E-state index >= 15 is 0 Å². The van der Waals surface area contributed by atoms with Gasteiger partial charge in [0, 0.05) is 18.8 Å². The standard InChI is InChI=1S/C24H34O6/c1-13-9-18-17-6-5-15-10-16(26)7-8-22(15,3)21(17)19(27)11-23(18,4)24(13,29)20(28)12-30-14(2)25/h10,13,17-19,21,27,29H,5-9,11-12H2,1-4H3. The number of aliphatic hydroxyl groups excluding tert-OH is 1. The number of ketones is 2. The molecule has 166 valence electrons. The summed E-state index contributed by atoms with van der Waals surface area (Å²) in [7, 11) is 0. The number of allylic oxidation sites excluding steroid dienone is 1. The molecule has 6 nitrogen and oxygen atoms in total. The van der Waals surface area contributed by atoms with Gasteiger partial charge in [0.15, 0.2) is 12.4 Å². The Morgan fingerprint density at radius 3 is 2.63 bits per heavy atom. The molecule has 3 fully saturated rings. The van der Waals surface area contributed by atoms with E-state index in [0.717, 1.165) is 24.8 Å². The van der Waals surface area contributed by atoms with Crippen LogP contribution in [0.3, 0.4) is 0 Å². The largest absolute Gasteiger partial charge is 0.458 e. The predicted octanol–water partition coefficient (Wildman–Crippen LogP) is 2.60. The molecule has 0 spiro atoms. The van der Waals surface area contributed by atoms with Gasteiger partial charge in [-0.05, 0) is 67.3 Å². The molecule has 8 unspecified atom stereocenters. The van der Waals surface area contributed by atoms with Gasteiger partial charge in [-0.25, -0.2) is 0 Å². The first-order chi connectivity index (χ1) is 13.9. The number of hydrogen-bond acceptors (Lipinski definition) is 6. The second-order valence-corrected chi connectivity index (χ2v) is 10.7. The molecule has 4 aliphatic carbocycles. The fourth-order valence-electron chi connectivity index (χ4n) is 7.89. The molecule has 0 heterocycles. The van der Waals surface area contributed by atoms with Crippen molar-refractivity contribution >= 4 is 17.5 Å². The number of carbonyl (C=O) groups is 3. The number of esters is 1. The summed E-state index contributed by atoms with van der Waals surface area (Å²) in [6, 6.07) is 0. The first-order valence-electron chi connectivity index (χ1n) is 11.3. The topological polar surface area (TPSA) is 101 Å². The van der Waals surface area contributed by atoms with Crippen LogP contribution in [-0.4, -0.2) is 46.1 Å². The van der Waals surface area contributed by atoms with Crippen molar-refractivity contribution in [2.24, 2.45) is 34.5 Å². The van der Waals surface area contributed by atoms with Crippen molar-refractivity contribution in [3.63, 3.8) is 0 Å². The number of aliphatic hydroxyl groups is 2. The van der Waals surface area contributed by atoms with Crippen LogP contribution in [0.25, 0.3) is 0 Å². The van der Waals surface area contributed by atoms with Crippen molar-refractivity contribution in [1.82, 2.24) is 0 Å². The minimum Gasteiger partial charge on any atom is -0.458 e. The Bertz CT molecular complexity index is 817. The fraction of sp³-hybridized carbons (Fsp3) is 0.792. The van der Waals surface area contributed by atoms with E-state index in [1.807, 2.05) is 13.8 Å². The highest BCUT2D eigenvalue weighted by Crippen LogP contribution is 2.68. The molecule has 0 aromatic heterocycles. The third-order valence-electron chi connectivity index (χ3n) is 9.31. The summed E-state index contributed by atoms with van der Waals surface area (Å²) in [6.45, 7) is 6.83. The van der Waals surface area contributed by atoms with Gasteiger partial charge in [0.05, 0.1) is 6.10 Å². The molecular formula is C24H34O6. The molecule has 4 rings (SSSR count). The summed E-state index contributed by atoms with van der Waals surface area (Å²) in [5.41, 5.74) is -1.44. The van der Waals surface area contributed by atoms with Gasteiger partial charge in [-0.15, -0.1) is 0 Å². The average molecular weight is 419 g/mol. The van der Waals surface area contributed by atoms with Crippen LogP contribution in [0, 0.1) is 34.5 Å². The van der Waals surface area contributed by atoms with Gasteiger partial charge in [0.1, 0.15) is 5.60 Å². The maximum Gasteiger partial charge on any atom is 0.303 e. The normalized spacial score (nSPS) is 47.6. The van der Waals surface area contributed by atoms with Crippen molar-refractivity contribution in [3.8, 4) is 0 Å². The lowest BCUT2D eigenvalue weighted by Gasteiger charge is -2.60. The zero-order valence-corrected chi connectivity index (χ0v) is 18.4. The monoisotopic (exact) mass is 418 g/mol. The van der Waals surface area contributed by atoms with Crippen molar-refractivity contribution in [2.45, 2.75) is 77.9 Å². The molecule has 0 bridgehead atoms. The Labute approximate surface area is 178 Å². The van der Waals surface area contributed by atoms with Crippen LogP contribution >= 0.6 is 0 Å². The molecular weight excluding hydrogens is 384 g/mol. The third kappa shape index (κ3) is 2.79. The summed E-state index contributed by atoms with van der Waals surface area (Å²) < 4.78 is 4.93. The molecule has 0 radical (unpaired) electrons. The Morgan fingerprint density at radius 2 is 1.97 bits per heavy atom. The Balaban J connectivity index is 1.69. The SMILES string of the molecule is CC(=O)OCC(=O)C1(O)C(C)CC2C3CCC4=CC(=O)CCC4(C)C3C(O)CC21C. The summed E-state index contributed by atoms with van der Waals surface area (Å²) >= 11 is 0. The third-order valence-corrected chi connectivity index (χ3v) is 9.31. The molecule has 0 aliphatic heterocycles. The van der Waals surface area contributed by atoms with Gasteiger partial charge in [-0.2, -0.15) is 0 Å². The fourth-order valence-corrected chi connectivity index (χ4v) is 7.89. The van der Waals surface area contributed by atoms with Crippen molar-refractivity contribution in [2.75, 3.05) is 6.61 Å². The van der Waals surface area contributed by atoms with E-state index in [2.05, 4.69) is 6.92 Å². The number of hydrogen-bond donors (Lipinski definition) is 2. The second-order valence-electron chi connectivity index (χ2n) is 10.7. The molecule has 0 aromatic rings. The van der Waals surface area contributed by atoms with Gasteiger partial charge >= 0.3 is 5.97 Å². The zero-order chi connectivity index (χ0) is 22.1. The van der Waals surface area contributed by atoms with Crippen LogP contribution < -0.4 is 0 Å². The molecule has 2 N–H and O–H groups in total. The Morgan fingerprint density at radius 1 is 1.27 bits per heavy atom. The smallest absolute Gasteiger partial charge is 0.303 e. The Kier molecular flexibility index (Phi) is 5.06. The minimum absolute atomic E-state index is 0.0294. The lowest BCUT2D eigenvalue weighted by molar-refractivity contribution is -0.188. The van der Waals surface area contributed by atoms with Gasteiger partial charge < -0.3 is 14.9 Å². The number of carbonyl (C=O) groups excluding carboxylic acids is 3. The van der Waals surface area contributed by atoms with E-state index < -0.39 is 35.5 Å². The van der Waals surface area contributed by atoms with Gasteiger partial charge in [-0.1, -0.05) is 26.3 Å². The van der Waals surface area contributed by atoms with E-state index in [4.69, 9.17) is 4.74 Å². The van der Waals surface area contributed by atoms with Gasteiger partial charge in [0.2, 0.25) is 5.78 Å². The molecule has 0 aromatic carbocycles. The number of rotatable bonds is 3. The molecule has 0 amide bonds. The quantitative estimate of drug-likeness (QED) is 0.683. The van der Waals surface area contributed by atoms with E-state index in [-0.39, 0.29) is 34.9 Å². The zero-order valence-electron chi connectivity index (χ0n) is 18.4. The molecule has 30 heavy (non-hydrogen) atoms. The number of Topliss-reactive ketones (excluding diaryl/α,β-unsaturated/α-hetero) is 1. The highest BCUT2D eigenvalue weighted by molar-refractivity contribution is 5.92. The lowest BCUT2D eigenvalue weighted by atomic mass is 9.45. The van der Waals surface area contributed by atoms with Crippen LogP contribution in [0.2, 0.25) is 0 Å². The van der Waals surface area contributed by atoms with Crippen molar-refractivity contribution < 1.29 is 29.3 Å². The summed E-state index contributed by atoms with van der Waals surface area (Å²) in [5.74, 6) is -0.798. The predicted molar refractivity (Wildman–Crippen MR) is 109 cm³/mol. The maximum atomic E-state index is 13.1. The molecule has 3 saturated carbocycles. The van der Waals surface area contributed by atoms with E-state index in [9.17, 15) is 24.6 Å². The first kappa shape index (κ1) is 21.7. The number of fused-ring (bicyclic) bond motifs is 5. The summed E-state index contributed by atoms with van der Waals surface area (Å²) in [4.78, 5) is 36.3. The highest BCUT2D eigenvalue weighted by Gasteiger charge is 2.70. The highest BCUT2D eigenvalue weighted by atomic mass is 16.5. The first-order valence-corrected chi connectivity index (χ1v) is 11.3. The Hall–Kier alpha value is -1.53. The van der Waals surface area contributed by atoms with Crippen molar-refractivity contribution in [3.05, 3.63) is 11.6 Å². The molecule has 4 aliphatic rings. The van der Waals surface area contributed by atoms with E-state index in [1.165, 1.54) is 6.92 Å². The van der Waals surface area contributed by atoms with Crippen LogP contribution in [-0.2, 0) is 19.1 Å². The van der Waals surface area contributed by atoms with E-state index in [1.54, 1.807) is 6.08 Å². The molecule has 0 saturated heterocycles. The van der Waals surface area contributed by atoms with Gasteiger partial charge in [0.25, 0.3) is 0 Å². The number of ether oxygens (including phenoxy) is 1.